The van der Waals surface area contributed by atoms with Crippen LogP contribution < -0.4 is 5.32 Å². The summed E-state index contributed by atoms with van der Waals surface area (Å²) in [4.78, 5) is 3.74. The van der Waals surface area contributed by atoms with E-state index in [4.69, 9.17) is 0 Å². The molecule has 0 spiro atoms. The zero-order valence-corrected chi connectivity index (χ0v) is 13.2. The minimum absolute atomic E-state index is 0. The van der Waals surface area contributed by atoms with Crippen LogP contribution in [0.25, 0.3) is 0 Å². The van der Waals surface area contributed by atoms with Crippen molar-refractivity contribution in [3.8, 4) is 0 Å². The van der Waals surface area contributed by atoms with E-state index < -0.39 is 0 Å². The predicted molar refractivity (Wildman–Crippen MR) is 25.1 cm³/mol. The second-order valence-corrected chi connectivity index (χ2v) is 1.20. The van der Waals surface area contributed by atoms with Crippen molar-refractivity contribution in [2.75, 3.05) is 0 Å². The van der Waals surface area contributed by atoms with Gasteiger partial charge in [-0.3, -0.25) is 0 Å². The Balaban J connectivity index is -0.000000120. The summed E-state index contributed by atoms with van der Waals surface area (Å²) in [7, 11) is 0. The first-order valence-electron chi connectivity index (χ1n) is 1.84. The quantitative estimate of drug-likeness (QED) is 0.419. The van der Waals surface area contributed by atoms with Gasteiger partial charge in [-0.05, 0) is 0 Å². The minimum Gasteiger partial charge on any atom is -0.489 e. The molecule has 1 aliphatic heterocycles. The molecule has 2 nitrogen and oxygen atoms in total. The van der Waals surface area contributed by atoms with Crippen LogP contribution in [0.4, 0.5) is 0 Å². The number of nitrogens with zero attached hydrogens (tertiary/aromatic N) is 1. The Kier molecular flexibility index (Phi) is 18.2. The van der Waals surface area contributed by atoms with Crippen molar-refractivity contribution in [1.29, 1.82) is 0 Å². The molecule has 0 amide bonds. The monoisotopic (exact) mass is 555 g/mol. The van der Waals surface area contributed by atoms with Gasteiger partial charge in [-0.15, -0.1) is 0 Å². The average Bonchev–Trinajstić information content (AvgIpc) is 1.86. The van der Waals surface area contributed by atoms with Crippen molar-refractivity contribution < 1.29 is 70.7 Å². The van der Waals surface area contributed by atoms with Gasteiger partial charge in [0.25, 0.3) is 0 Å². The van der Waals surface area contributed by atoms with Crippen LogP contribution in [0.3, 0.4) is 0 Å². The van der Waals surface area contributed by atoms with Crippen LogP contribution in [-0.4, -0.2) is 12.4 Å². The Morgan fingerprint density at radius 3 is 2.33 bits per heavy atom. The van der Waals surface area contributed by atoms with E-state index in [0.717, 1.165) is 0 Å². The fraction of sp³-hybridized carbons (Fsp3) is 0.250. The molecule has 1 N–H and O–H groups in total. The molecule has 1 rings (SSSR count). The predicted octanol–water partition coefficient (Wildman–Crippen LogP) is -0.0226. The maximum Gasteiger partial charge on any atom is 0 e. The second-order valence-electron chi connectivity index (χ2n) is 1.20. The van der Waals surface area contributed by atoms with E-state index >= 15 is 0 Å². The van der Waals surface area contributed by atoms with Crippen LogP contribution in [0.5, 0.6) is 0 Å². The van der Waals surface area contributed by atoms with Gasteiger partial charge in [0.1, 0.15) is 0 Å². The third-order valence-electron chi connectivity index (χ3n) is 0.629. The summed E-state index contributed by atoms with van der Waals surface area (Å²) in [6.45, 7) is 5.40. The molecule has 9 heavy (non-hydrogen) atoms. The normalized spacial score (nSPS) is 19.4. The van der Waals surface area contributed by atoms with Crippen molar-refractivity contribution in [1.82, 2.24) is 5.32 Å². The molecule has 0 saturated heterocycles. The molecule has 1 heterocycles. The molecule has 0 fully saturated rings. The molecule has 1 aliphatic rings. The molecule has 49 valence electrons. The van der Waals surface area contributed by atoms with Crippen LogP contribution in [-0.2, 0) is 39.6 Å². The van der Waals surface area contributed by atoms with Crippen molar-refractivity contribution in [2.24, 2.45) is 4.99 Å². The zero-order valence-electron chi connectivity index (χ0n) is 4.74. The molecule has 0 aromatic heterocycles. The minimum atomic E-state index is 0. The van der Waals surface area contributed by atoms with Gasteiger partial charge in [0.2, 0.25) is 0 Å². The van der Waals surface area contributed by atoms with Gasteiger partial charge in [0, 0.05) is 70.7 Å². The Morgan fingerprint density at radius 2 is 2.22 bits per heavy atom. The van der Waals surface area contributed by atoms with Crippen LogP contribution in [0.15, 0.2) is 4.99 Å². The number of aliphatic imine (C=N–C) groups is 1. The summed E-state index contributed by atoms with van der Waals surface area (Å²) in [5.74, 6) is 0. The molecule has 0 aliphatic carbocycles. The first kappa shape index (κ1) is 17.0. The van der Waals surface area contributed by atoms with E-state index in [1.807, 2.05) is 0 Å². The van der Waals surface area contributed by atoms with Gasteiger partial charge in [0.05, 0.1) is 0 Å². The van der Waals surface area contributed by atoms with E-state index in [1.165, 1.54) is 0 Å². The molecule has 0 aromatic carbocycles. The third-order valence-corrected chi connectivity index (χ3v) is 0.629. The fourth-order valence-corrected chi connectivity index (χ4v) is 0.329. The van der Waals surface area contributed by atoms with E-state index in [-0.39, 0.29) is 76.8 Å². The van der Waals surface area contributed by atoms with Crippen LogP contribution >= 0.6 is 0 Å². The summed E-state index contributed by atoms with van der Waals surface area (Å²) >= 11 is 0. The summed E-state index contributed by atoms with van der Waals surface area (Å²) < 4.78 is 0. The Bertz CT molecular complexity index is 73.0. The largest absolute Gasteiger partial charge is 0.489 e. The van der Waals surface area contributed by atoms with Gasteiger partial charge in [0.15, 0.2) is 0 Å². The van der Waals surface area contributed by atoms with Crippen LogP contribution in [0.1, 0.15) is 0 Å². The second kappa shape index (κ2) is 9.66. The van der Waals surface area contributed by atoms with Crippen molar-refractivity contribution in [3.63, 3.8) is 0 Å². The molecule has 1 unspecified atom stereocenters. The summed E-state index contributed by atoms with van der Waals surface area (Å²) in [5.41, 5.74) is 0. The molecular weight excluding hydrogens is 549 g/mol. The third kappa shape index (κ3) is 7.56. The number of nitrogens with one attached hydrogen (secondary N) is 1. The molecule has 1 radical (unpaired) electrons. The molecule has 0 saturated carbocycles. The van der Waals surface area contributed by atoms with Crippen LogP contribution in [0, 0.1) is 44.6 Å². The maximum atomic E-state index is 3.74. The van der Waals surface area contributed by atoms with E-state index in [0.29, 0.717) is 0 Å². The van der Waals surface area contributed by atoms with Gasteiger partial charge in [-0.1, -0.05) is 6.34 Å². The first-order valence-corrected chi connectivity index (χ1v) is 1.84. The fourth-order valence-electron chi connectivity index (χ4n) is 0.329. The van der Waals surface area contributed by atoms with Gasteiger partial charge >= 0.3 is 0 Å². The number of hydrogen-bond acceptors (Lipinski definition) is 2. The van der Waals surface area contributed by atoms with Crippen molar-refractivity contribution in [2.45, 2.75) is 6.04 Å². The standard InChI is InChI=1S/C4H6N2.U.V.W/c1-4-2-5-3-6-4;;;/h2-4H,1H2,(H,5,6);;;/q-2;;;. The average molecular weight is 555 g/mol. The Labute approximate surface area is 106 Å². The summed E-state index contributed by atoms with van der Waals surface area (Å²) in [5, 5.41) is 2.86. The number of hydrogen-bond donors (Lipinski definition) is 1. The molecular formula is C4H6N2UVW-2. The van der Waals surface area contributed by atoms with Gasteiger partial charge in [-0.2, -0.15) is 12.6 Å². The molecule has 5 heteroatoms. The topological polar surface area (TPSA) is 24.4 Å². The molecule has 0 bridgehead atoms. The summed E-state index contributed by atoms with van der Waals surface area (Å²) in [6, 6.07) is 0.199. The van der Waals surface area contributed by atoms with E-state index in [1.54, 1.807) is 12.9 Å². The SMILES string of the molecule is [CH2-]C1[CH-]N=CN1.[U].[V].[W]. The van der Waals surface area contributed by atoms with E-state index in [9.17, 15) is 0 Å². The maximum absolute atomic E-state index is 3.74. The van der Waals surface area contributed by atoms with Gasteiger partial charge in [-0.25, -0.2) is 0 Å². The molecule has 1 atom stereocenters. The van der Waals surface area contributed by atoms with Gasteiger partial charge < -0.3 is 17.2 Å². The number of rotatable bonds is 0. The Morgan fingerprint density at radius 1 is 1.67 bits per heavy atom. The van der Waals surface area contributed by atoms with E-state index in [2.05, 4.69) is 17.2 Å². The Hall–Kier alpha value is 1.66. The van der Waals surface area contributed by atoms with Crippen LogP contribution in [0.2, 0.25) is 0 Å². The zero-order chi connectivity index (χ0) is 4.41. The smallest absolute Gasteiger partial charge is 0 e. The molecule has 0 aromatic rings. The first-order chi connectivity index (χ1) is 2.89. The van der Waals surface area contributed by atoms with Crippen molar-refractivity contribution in [3.05, 3.63) is 13.5 Å². The summed E-state index contributed by atoms with van der Waals surface area (Å²) in [6.07, 6.45) is 1.64. The van der Waals surface area contributed by atoms with Crippen molar-refractivity contribution >= 4 is 6.34 Å².